The Kier molecular flexibility index (Phi) is 5.73. The van der Waals surface area contributed by atoms with Crippen LogP contribution in [0.15, 0.2) is 48.5 Å². The molecule has 26 heavy (non-hydrogen) atoms. The lowest BCUT2D eigenvalue weighted by Crippen LogP contribution is -2.42. The number of fused-ring (bicyclic) bond motifs is 1. The number of amides is 1. The number of rotatable bonds is 5. The summed E-state index contributed by atoms with van der Waals surface area (Å²) in [4.78, 5) is 14.6. The molecule has 0 saturated heterocycles. The minimum Gasteiger partial charge on any atom is -0.480 e. The van der Waals surface area contributed by atoms with Crippen molar-refractivity contribution in [2.24, 2.45) is 0 Å². The summed E-state index contributed by atoms with van der Waals surface area (Å²) < 4.78 is 5.68. The molecule has 2 aromatic carbocycles. The van der Waals surface area contributed by atoms with Gasteiger partial charge in [-0.15, -0.1) is 0 Å². The van der Waals surface area contributed by atoms with Crippen LogP contribution in [0.2, 0.25) is 0 Å². The molecular weight excluding hydrogens is 346 g/mol. The first kappa shape index (κ1) is 18.2. The van der Waals surface area contributed by atoms with Crippen LogP contribution in [0.3, 0.4) is 0 Å². The van der Waals surface area contributed by atoms with Gasteiger partial charge in [0.25, 0.3) is 5.91 Å². The molecule has 6 heteroatoms. The Labute approximate surface area is 159 Å². The van der Waals surface area contributed by atoms with E-state index in [0.29, 0.717) is 6.42 Å². The highest BCUT2D eigenvalue weighted by atomic mass is 32.1. The fraction of sp³-hybridized carbons (Fsp3) is 0.300. The Morgan fingerprint density at radius 3 is 2.50 bits per heavy atom. The summed E-state index contributed by atoms with van der Waals surface area (Å²) in [6.45, 7) is 6.18. The van der Waals surface area contributed by atoms with E-state index in [4.69, 9.17) is 17.0 Å². The van der Waals surface area contributed by atoms with E-state index in [0.717, 1.165) is 35.8 Å². The van der Waals surface area contributed by atoms with E-state index in [-0.39, 0.29) is 11.0 Å². The van der Waals surface area contributed by atoms with Crippen LogP contribution in [0.4, 0.5) is 11.4 Å². The summed E-state index contributed by atoms with van der Waals surface area (Å²) in [5, 5.41) is 6.02. The van der Waals surface area contributed by atoms with Gasteiger partial charge in [0.15, 0.2) is 11.2 Å². The molecular formula is C20H23N3O2S. The molecule has 3 rings (SSSR count). The van der Waals surface area contributed by atoms with Crippen molar-refractivity contribution in [3.8, 4) is 5.75 Å². The number of carbonyl (C=O) groups is 1. The smallest absolute Gasteiger partial charge is 0.267 e. The average molecular weight is 369 g/mol. The highest BCUT2D eigenvalue weighted by Crippen LogP contribution is 2.28. The zero-order valence-electron chi connectivity index (χ0n) is 15.0. The molecule has 1 aliphatic rings. The number of hydrogen-bond donors (Lipinski definition) is 2. The van der Waals surface area contributed by atoms with Crippen LogP contribution in [0.5, 0.6) is 5.75 Å². The maximum Gasteiger partial charge on any atom is 0.267 e. The number of anilines is 2. The lowest BCUT2D eigenvalue weighted by atomic mass is 10.1. The average Bonchev–Trinajstić information content (AvgIpc) is 3.08. The van der Waals surface area contributed by atoms with Gasteiger partial charge in [-0.1, -0.05) is 18.2 Å². The normalized spacial score (nSPS) is 14.9. The van der Waals surface area contributed by atoms with Crippen LogP contribution in [0, 0.1) is 0 Å². The van der Waals surface area contributed by atoms with Crippen LogP contribution in [0.25, 0.3) is 0 Å². The minimum atomic E-state index is -0.544. The number of ether oxygens (including phenoxy) is 1. The second-order valence-corrected chi connectivity index (χ2v) is 6.49. The summed E-state index contributed by atoms with van der Waals surface area (Å²) in [6.07, 6.45) is 0.0145. The van der Waals surface area contributed by atoms with Gasteiger partial charge in [0.05, 0.1) is 0 Å². The lowest BCUT2D eigenvalue weighted by molar-refractivity contribution is -0.125. The fourth-order valence-electron chi connectivity index (χ4n) is 3.03. The molecule has 1 aliphatic heterocycles. The summed E-state index contributed by atoms with van der Waals surface area (Å²) in [5.74, 6) is 0.525. The third-order valence-electron chi connectivity index (χ3n) is 4.43. The predicted molar refractivity (Wildman–Crippen MR) is 109 cm³/mol. The number of nitrogens with one attached hydrogen (secondary N) is 2. The van der Waals surface area contributed by atoms with Gasteiger partial charge < -0.3 is 15.0 Å². The quantitative estimate of drug-likeness (QED) is 0.792. The highest BCUT2D eigenvalue weighted by Gasteiger charge is 2.29. The van der Waals surface area contributed by atoms with E-state index in [1.807, 2.05) is 48.5 Å². The van der Waals surface area contributed by atoms with Gasteiger partial charge in [0.1, 0.15) is 5.75 Å². The number of para-hydroxylation sites is 1. The van der Waals surface area contributed by atoms with Crippen LogP contribution < -0.4 is 20.3 Å². The molecule has 1 atom stereocenters. The van der Waals surface area contributed by atoms with Crippen molar-refractivity contribution in [3.63, 3.8) is 0 Å². The molecule has 0 aromatic heterocycles. The van der Waals surface area contributed by atoms with Crippen molar-refractivity contribution in [2.45, 2.75) is 26.4 Å². The predicted octanol–water partition coefficient (Wildman–Crippen LogP) is 3.35. The van der Waals surface area contributed by atoms with Crippen LogP contribution in [-0.2, 0) is 11.2 Å². The van der Waals surface area contributed by atoms with E-state index in [1.54, 1.807) is 0 Å². The van der Waals surface area contributed by atoms with E-state index in [9.17, 15) is 4.79 Å². The SMILES string of the molecule is CCN(CC)c1ccc(NC(=S)NC(=O)C2Cc3ccccc3O2)cc1. The number of nitrogens with zero attached hydrogens (tertiary/aromatic N) is 1. The van der Waals surface area contributed by atoms with Crippen LogP contribution >= 0.6 is 12.2 Å². The Hall–Kier alpha value is -2.60. The maximum absolute atomic E-state index is 12.4. The van der Waals surface area contributed by atoms with E-state index in [2.05, 4.69) is 29.4 Å². The van der Waals surface area contributed by atoms with Crippen molar-refractivity contribution < 1.29 is 9.53 Å². The van der Waals surface area contributed by atoms with Crippen molar-refractivity contribution in [3.05, 3.63) is 54.1 Å². The van der Waals surface area contributed by atoms with Gasteiger partial charge in [-0.05, 0) is 62.0 Å². The maximum atomic E-state index is 12.4. The monoisotopic (exact) mass is 369 g/mol. The number of hydrogen-bond acceptors (Lipinski definition) is 4. The molecule has 0 radical (unpaired) electrons. The Morgan fingerprint density at radius 2 is 1.85 bits per heavy atom. The Balaban J connectivity index is 1.53. The fourth-order valence-corrected chi connectivity index (χ4v) is 3.25. The second kappa shape index (κ2) is 8.19. The molecule has 0 aliphatic carbocycles. The number of thiocarbonyl (C=S) groups is 1. The first-order valence-corrected chi connectivity index (χ1v) is 9.23. The van der Waals surface area contributed by atoms with Crippen molar-refractivity contribution in [1.29, 1.82) is 0 Å². The minimum absolute atomic E-state index is 0.238. The van der Waals surface area contributed by atoms with Gasteiger partial charge in [0, 0.05) is 30.9 Å². The molecule has 0 fully saturated rings. The standard InChI is InChI=1S/C20H23N3O2S/c1-3-23(4-2)16-11-9-15(10-12-16)21-20(26)22-19(24)18-13-14-7-5-6-8-17(14)25-18/h5-12,18H,3-4,13H2,1-2H3,(H2,21,22,24,26). The van der Waals surface area contributed by atoms with Crippen LogP contribution in [-0.4, -0.2) is 30.2 Å². The van der Waals surface area contributed by atoms with E-state index in [1.165, 1.54) is 0 Å². The number of benzene rings is 2. The van der Waals surface area contributed by atoms with E-state index < -0.39 is 6.10 Å². The third-order valence-corrected chi connectivity index (χ3v) is 4.63. The van der Waals surface area contributed by atoms with E-state index >= 15 is 0 Å². The largest absolute Gasteiger partial charge is 0.480 e. The molecule has 136 valence electrons. The third kappa shape index (κ3) is 4.14. The second-order valence-electron chi connectivity index (χ2n) is 6.08. The molecule has 5 nitrogen and oxygen atoms in total. The molecule has 2 N–H and O–H groups in total. The molecule has 0 spiro atoms. The van der Waals surface area contributed by atoms with Crippen molar-refractivity contribution >= 4 is 34.6 Å². The number of carbonyl (C=O) groups excluding carboxylic acids is 1. The first-order valence-electron chi connectivity index (χ1n) is 8.82. The van der Waals surface area contributed by atoms with Gasteiger partial charge in [-0.25, -0.2) is 0 Å². The molecule has 0 saturated carbocycles. The molecule has 0 bridgehead atoms. The van der Waals surface area contributed by atoms with Gasteiger partial charge in [0.2, 0.25) is 0 Å². The van der Waals surface area contributed by atoms with Gasteiger partial charge in [-0.3, -0.25) is 10.1 Å². The topological polar surface area (TPSA) is 53.6 Å². The summed E-state index contributed by atoms with van der Waals surface area (Å²) in [7, 11) is 0. The summed E-state index contributed by atoms with van der Waals surface area (Å²) in [5.41, 5.74) is 3.04. The van der Waals surface area contributed by atoms with Crippen molar-refractivity contribution in [1.82, 2.24) is 5.32 Å². The summed E-state index contributed by atoms with van der Waals surface area (Å²) in [6, 6.07) is 15.7. The highest BCUT2D eigenvalue weighted by molar-refractivity contribution is 7.80. The lowest BCUT2D eigenvalue weighted by Gasteiger charge is -2.21. The first-order chi connectivity index (χ1) is 12.6. The molecule has 1 unspecified atom stereocenters. The zero-order chi connectivity index (χ0) is 18.5. The van der Waals surface area contributed by atoms with Crippen LogP contribution in [0.1, 0.15) is 19.4 Å². The molecule has 1 amide bonds. The van der Waals surface area contributed by atoms with Crippen molar-refractivity contribution in [2.75, 3.05) is 23.3 Å². The molecule has 2 aromatic rings. The Bertz CT molecular complexity index is 763. The zero-order valence-corrected chi connectivity index (χ0v) is 15.8. The van der Waals surface area contributed by atoms with Gasteiger partial charge in [-0.2, -0.15) is 0 Å². The van der Waals surface area contributed by atoms with Gasteiger partial charge >= 0.3 is 0 Å². The Morgan fingerprint density at radius 1 is 1.15 bits per heavy atom. The summed E-state index contributed by atoms with van der Waals surface area (Å²) >= 11 is 5.26. The molecule has 1 heterocycles.